The second kappa shape index (κ2) is 5.18. The van der Waals surface area contributed by atoms with E-state index in [9.17, 15) is 0 Å². The van der Waals surface area contributed by atoms with Crippen LogP contribution in [0.3, 0.4) is 0 Å². The van der Waals surface area contributed by atoms with Crippen LogP contribution < -0.4 is 10.9 Å². The van der Waals surface area contributed by atoms with Crippen molar-refractivity contribution in [3.05, 3.63) is 34.0 Å². The van der Waals surface area contributed by atoms with Crippen LogP contribution >= 0.6 is 22.6 Å². The first-order valence-electron chi connectivity index (χ1n) is 5.64. The third-order valence-corrected chi connectivity index (χ3v) is 3.22. The zero-order valence-corrected chi connectivity index (χ0v) is 12.2. The first-order valence-corrected chi connectivity index (χ1v) is 6.72. The molecule has 0 spiro atoms. The number of pyridine rings is 1. The molecule has 0 unspecified atom stereocenters. The van der Waals surface area contributed by atoms with Gasteiger partial charge in [0.1, 0.15) is 0 Å². The number of benzene rings is 1. The van der Waals surface area contributed by atoms with E-state index in [1.807, 2.05) is 17.3 Å². The minimum absolute atomic E-state index is 0.534. The first kappa shape index (κ1) is 12.6. The van der Waals surface area contributed by atoms with Gasteiger partial charge < -0.3 is 5.01 Å². The standard InChI is InChI=1S/C13H16IN3/c1-9(2)8-17(15)13-5-6-16-12-7-10(14)3-4-11(12)13/h3-7,9H,8,15H2,1-2H3. The number of hydrogen-bond donors (Lipinski definition) is 1. The maximum Gasteiger partial charge on any atom is 0.0733 e. The highest BCUT2D eigenvalue weighted by molar-refractivity contribution is 14.1. The van der Waals surface area contributed by atoms with Gasteiger partial charge in [0, 0.05) is 21.7 Å². The molecule has 0 aliphatic heterocycles. The lowest BCUT2D eigenvalue weighted by molar-refractivity contribution is 0.622. The van der Waals surface area contributed by atoms with Gasteiger partial charge in [0.2, 0.25) is 0 Å². The smallest absolute Gasteiger partial charge is 0.0733 e. The van der Waals surface area contributed by atoms with E-state index in [-0.39, 0.29) is 0 Å². The molecule has 0 aliphatic carbocycles. The van der Waals surface area contributed by atoms with Gasteiger partial charge in [-0.25, -0.2) is 5.84 Å². The Labute approximate surface area is 115 Å². The van der Waals surface area contributed by atoms with Crippen LogP contribution in [-0.2, 0) is 0 Å². The number of nitrogens with two attached hydrogens (primary N) is 1. The fraction of sp³-hybridized carbons (Fsp3) is 0.308. The van der Waals surface area contributed by atoms with Crippen LogP contribution in [0.15, 0.2) is 30.5 Å². The van der Waals surface area contributed by atoms with Gasteiger partial charge in [-0.05, 0) is 52.8 Å². The Bertz CT molecular complexity index is 525. The molecule has 0 fully saturated rings. The summed E-state index contributed by atoms with van der Waals surface area (Å²) in [6.07, 6.45) is 1.81. The van der Waals surface area contributed by atoms with Crippen molar-refractivity contribution in [2.45, 2.75) is 13.8 Å². The van der Waals surface area contributed by atoms with E-state index in [0.29, 0.717) is 5.92 Å². The van der Waals surface area contributed by atoms with Crippen molar-refractivity contribution in [3.8, 4) is 0 Å². The molecule has 0 atom stereocenters. The Hall–Kier alpha value is -0.880. The Balaban J connectivity index is 2.47. The molecule has 1 heterocycles. The molecule has 0 saturated heterocycles. The second-order valence-electron chi connectivity index (χ2n) is 4.54. The molecule has 3 nitrogen and oxygen atoms in total. The van der Waals surface area contributed by atoms with Crippen LogP contribution in [0, 0.1) is 9.49 Å². The lowest BCUT2D eigenvalue weighted by Gasteiger charge is -2.22. The SMILES string of the molecule is CC(C)CN(N)c1ccnc2cc(I)ccc12. The van der Waals surface area contributed by atoms with E-state index in [4.69, 9.17) is 5.84 Å². The molecular formula is C13H16IN3. The van der Waals surface area contributed by atoms with E-state index in [1.165, 1.54) is 3.57 Å². The van der Waals surface area contributed by atoms with Gasteiger partial charge >= 0.3 is 0 Å². The fourth-order valence-electron chi connectivity index (χ4n) is 1.85. The van der Waals surface area contributed by atoms with E-state index in [0.717, 1.165) is 23.1 Å². The lowest BCUT2D eigenvalue weighted by atomic mass is 10.1. The molecule has 0 amide bonds. The molecule has 17 heavy (non-hydrogen) atoms. The molecule has 4 heteroatoms. The molecule has 0 radical (unpaired) electrons. The highest BCUT2D eigenvalue weighted by Gasteiger charge is 2.08. The second-order valence-corrected chi connectivity index (χ2v) is 5.78. The van der Waals surface area contributed by atoms with Gasteiger partial charge in [0.15, 0.2) is 0 Å². The summed E-state index contributed by atoms with van der Waals surface area (Å²) in [6, 6.07) is 8.21. The largest absolute Gasteiger partial charge is 0.310 e. The van der Waals surface area contributed by atoms with Crippen LogP contribution in [0.4, 0.5) is 5.69 Å². The minimum Gasteiger partial charge on any atom is -0.310 e. The summed E-state index contributed by atoms with van der Waals surface area (Å²) >= 11 is 2.29. The summed E-state index contributed by atoms with van der Waals surface area (Å²) in [5.74, 6) is 6.64. The third-order valence-electron chi connectivity index (χ3n) is 2.55. The predicted octanol–water partition coefficient (Wildman–Crippen LogP) is 3.18. The minimum atomic E-state index is 0.534. The summed E-state index contributed by atoms with van der Waals surface area (Å²) in [5, 5.41) is 2.91. The van der Waals surface area contributed by atoms with Crippen LogP contribution in [0.1, 0.15) is 13.8 Å². The lowest BCUT2D eigenvalue weighted by Crippen LogP contribution is -2.34. The molecule has 0 bridgehead atoms. The Kier molecular flexibility index (Phi) is 3.83. The molecule has 2 aromatic rings. The Morgan fingerprint density at radius 3 is 2.82 bits per heavy atom. The van der Waals surface area contributed by atoms with Crippen LogP contribution in [0.2, 0.25) is 0 Å². The number of fused-ring (bicyclic) bond motifs is 1. The topological polar surface area (TPSA) is 42.1 Å². The molecule has 1 aromatic heterocycles. The van der Waals surface area contributed by atoms with Gasteiger partial charge in [-0.3, -0.25) is 4.98 Å². The molecule has 2 rings (SSSR count). The van der Waals surface area contributed by atoms with Gasteiger partial charge in [0.05, 0.1) is 11.2 Å². The summed E-state index contributed by atoms with van der Waals surface area (Å²) in [7, 11) is 0. The molecule has 0 aliphatic rings. The van der Waals surface area contributed by atoms with Crippen LogP contribution in [0.5, 0.6) is 0 Å². The summed E-state index contributed by atoms with van der Waals surface area (Å²) in [5.41, 5.74) is 2.04. The van der Waals surface area contributed by atoms with E-state index >= 15 is 0 Å². The molecular weight excluding hydrogens is 325 g/mol. The third kappa shape index (κ3) is 2.87. The number of rotatable bonds is 3. The van der Waals surface area contributed by atoms with Crippen LogP contribution in [0.25, 0.3) is 10.9 Å². The predicted molar refractivity (Wildman–Crippen MR) is 80.8 cm³/mol. The molecule has 0 saturated carbocycles. The van der Waals surface area contributed by atoms with Gasteiger partial charge in [-0.1, -0.05) is 13.8 Å². The number of halogens is 1. The Morgan fingerprint density at radius 2 is 2.12 bits per heavy atom. The zero-order chi connectivity index (χ0) is 12.4. The average molecular weight is 341 g/mol. The number of anilines is 1. The van der Waals surface area contributed by atoms with Crippen molar-refractivity contribution in [2.24, 2.45) is 11.8 Å². The summed E-state index contributed by atoms with van der Waals surface area (Å²) in [6.45, 7) is 5.16. The van der Waals surface area contributed by atoms with Crippen molar-refractivity contribution in [3.63, 3.8) is 0 Å². The quantitative estimate of drug-likeness (QED) is 0.530. The number of aromatic nitrogens is 1. The Morgan fingerprint density at radius 1 is 1.35 bits per heavy atom. The summed E-state index contributed by atoms with van der Waals surface area (Å²) in [4.78, 5) is 4.38. The normalized spacial score (nSPS) is 11.1. The number of hydrogen-bond acceptors (Lipinski definition) is 3. The van der Waals surface area contributed by atoms with Crippen molar-refractivity contribution >= 4 is 39.2 Å². The molecule has 1 aromatic carbocycles. The fourth-order valence-corrected chi connectivity index (χ4v) is 2.32. The average Bonchev–Trinajstić information content (AvgIpc) is 2.26. The van der Waals surface area contributed by atoms with Crippen molar-refractivity contribution in [1.82, 2.24) is 4.98 Å². The molecule has 90 valence electrons. The highest BCUT2D eigenvalue weighted by atomic mass is 127. The molecule has 2 N–H and O–H groups in total. The maximum absolute atomic E-state index is 6.10. The van der Waals surface area contributed by atoms with Gasteiger partial charge in [-0.15, -0.1) is 0 Å². The maximum atomic E-state index is 6.10. The zero-order valence-electron chi connectivity index (χ0n) is 10.0. The van der Waals surface area contributed by atoms with Crippen molar-refractivity contribution in [1.29, 1.82) is 0 Å². The number of hydrazine groups is 1. The van der Waals surface area contributed by atoms with E-state index < -0.39 is 0 Å². The highest BCUT2D eigenvalue weighted by Crippen LogP contribution is 2.25. The van der Waals surface area contributed by atoms with E-state index in [1.54, 1.807) is 0 Å². The van der Waals surface area contributed by atoms with Crippen LogP contribution in [-0.4, -0.2) is 11.5 Å². The first-order chi connectivity index (χ1) is 8.08. The van der Waals surface area contributed by atoms with Crippen molar-refractivity contribution in [2.75, 3.05) is 11.6 Å². The number of nitrogens with zero attached hydrogens (tertiary/aromatic N) is 2. The van der Waals surface area contributed by atoms with Gasteiger partial charge in [0.25, 0.3) is 0 Å². The summed E-state index contributed by atoms with van der Waals surface area (Å²) < 4.78 is 1.19. The van der Waals surface area contributed by atoms with Gasteiger partial charge in [-0.2, -0.15) is 0 Å². The monoisotopic (exact) mass is 341 g/mol. The van der Waals surface area contributed by atoms with Crippen molar-refractivity contribution < 1.29 is 0 Å². The van der Waals surface area contributed by atoms with E-state index in [2.05, 4.69) is 59.6 Å².